The molecule has 1 aliphatic rings. The van der Waals surface area contributed by atoms with Gasteiger partial charge in [0.05, 0.1) is 13.2 Å². The first kappa shape index (κ1) is 26.2. The fraction of sp³-hybridized carbons (Fsp3) is 0.435. The van der Waals surface area contributed by atoms with Gasteiger partial charge in [0, 0.05) is 6.54 Å². The van der Waals surface area contributed by atoms with E-state index in [0.717, 1.165) is 30.0 Å². The Hall–Kier alpha value is -1.79. The van der Waals surface area contributed by atoms with Crippen molar-refractivity contribution in [3.8, 4) is 5.75 Å². The van der Waals surface area contributed by atoms with Crippen LogP contribution in [0.25, 0.3) is 0 Å². The van der Waals surface area contributed by atoms with Crippen molar-refractivity contribution in [2.45, 2.75) is 38.3 Å². The minimum atomic E-state index is -0.654. The van der Waals surface area contributed by atoms with E-state index in [2.05, 4.69) is 22.3 Å². The summed E-state index contributed by atoms with van der Waals surface area (Å²) in [7, 11) is 1.67. The Morgan fingerprint density at radius 3 is 2.13 bits per heavy atom. The van der Waals surface area contributed by atoms with Gasteiger partial charge in [0.1, 0.15) is 11.8 Å². The van der Waals surface area contributed by atoms with Crippen LogP contribution in [0.4, 0.5) is 0 Å². The monoisotopic (exact) mass is 453 g/mol. The van der Waals surface area contributed by atoms with Crippen LogP contribution in [0.2, 0.25) is 0 Å². The average Bonchev–Trinajstić information content (AvgIpc) is 2.75. The van der Waals surface area contributed by atoms with Gasteiger partial charge in [-0.25, -0.2) is 0 Å². The second-order valence-corrected chi connectivity index (χ2v) is 7.52. The lowest BCUT2D eigenvalue weighted by Gasteiger charge is -2.35. The summed E-state index contributed by atoms with van der Waals surface area (Å²) in [6, 6.07) is 15.4. The smallest absolute Gasteiger partial charge is 0.241 e. The molecule has 1 fully saturated rings. The van der Waals surface area contributed by atoms with Crippen LogP contribution in [-0.4, -0.2) is 37.6 Å². The van der Waals surface area contributed by atoms with Crippen LogP contribution in [-0.2, 0) is 4.79 Å². The van der Waals surface area contributed by atoms with Crippen LogP contribution in [0.5, 0.6) is 5.75 Å². The molecule has 1 amide bonds. The van der Waals surface area contributed by atoms with Crippen LogP contribution < -0.4 is 15.8 Å². The molecule has 1 saturated heterocycles. The van der Waals surface area contributed by atoms with Crippen molar-refractivity contribution in [2.24, 2.45) is 5.73 Å². The predicted octanol–water partition coefficient (Wildman–Crippen LogP) is 4.19. The van der Waals surface area contributed by atoms with Crippen LogP contribution in [0.15, 0.2) is 48.5 Å². The van der Waals surface area contributed by atoms with E-state index < -0.39 is 6.04 Å². The Kier molecular flexibility index (Phi) is 11.2. The number of nitrogens with one attached hydrogen (secondary N) is 1. The third kappa shape index (κ3) is 6.88. The first-order valence-electron chi connectivity index (χ1n) is 10.1. The molecule has 2 unspecified atom stereocenters. The highest BCUT2D eigenvalue weighted by atomic mass is 35.5. The number of likely N-dealkylation sites (tertiary alicyclic amines) is 1. The van der Waals surface area contributed by atoms with E-state index in [0.29, 0.717) is 6.54 Å². The molecule has 166 valence electrons. The van der Waals surface area contributed by atoms with Gasteiger partial charge >= 0.3 is 0 Å². The van der Waals surface area contributed by atoms with Crippen molar-refractivity contribution in [3.63, 3.8) is 0 Å². The molecule has 1 aliphatic heterocycles. The van der Waals surface area contributed by atoms with Crippen LogP contribution in [0.1, 0.15) is 48.0 Å². The number of carbonyl (C=O) groups excluding carboxylic acids is 1. The summed E-state index contributed by atoms with van der Waals surface area (Å²) in [5.41, 5.74) is 9.36. The molecule has 5 nitrogen and oxygen atoms in total. The third-order valence-corrected chi connectivity index (χ3v) is 5.52. The number of nitrogens with two attached hydrogens (primary N) is 1. The summed E-state index contributed by atoms with van der Waals surface area (Å²) >= 11 is 0. The molecule has 3 N–H and O–H groups in total. The topological polar surface area (TPSA) is 67.6 Å². The molecule has 0 radical (unpaired) electrons. The zero-order chi connectivity index (χ0) is 19.9. The van der Waals surface area contributed by atoms with E-state index in [9.17, 15) is 4.79 Å². The highest BCUT2D eigenvalue weighted by Crippen LogP contribution is 2.26. The predicted molar refractivity (Wildman–Crippen MR) is 127 cm³/mol. The minimum Gasteiger partial charge on any atom is -0.497 e. The Morgan fingerprint density at radius 2 is 1.57 bits per heavy atom. The SMILES string of the molecule is COc1ccc(C(CNC(=O)C(N)c2ccc(C)cc2)N2CCCCC2)cc1.Cl.Cl. The number of ether oxygens (including phenoxy) is 1. The molecule has 0 spiro atoms. The van der Waals surface area contributed by atoms with Gasteiger partial charge in [-0.15, -0.1) is 24.8 Å². The molecule has 3 rings (SSSR count). The fourth-order valence-corrected chi connectivity index (χ4v) is 3.75. The summed E-state index contributed by atoms with van der Waals surface area (Å²) in [5, 5.41) is 3.08. The van der Waals surface area contributed by atoms with E-state index in [1.807, 2.05) is 43.3 Å². The van der Waals surface area contributed by atoms with Gasteiger partial charge in [0.2, 0.25) is 5.91 Å². The Labute approximate surface area is 192 Å². The number of carbonyl (C=O) groups is 1. The average molecular weight is 454 g/mol. The first-order chi connectivity index (χ1) is 13.6. The van der Waals surface area contributed by atoms with Crippen molar-refractivity contribution < 1.29 is 9.53 Å². The molecular weight excluding hydrogens is 421 g/mol. The summed E-state index contributed by atoms with van der Waals surface area (Å²) in [5.74, 6) is 0.700. The maximum absolute atomic E-state index is 12.7. The van der Waals surface area contributed by atoms with E-state index in [1.54, 1.807) is 7.11 Å². The molecular formula is C23H33Cl2N3O2. The highest BCUT2D eigenvalue weighted by molar-refractivity contribution is 5.85. The van der Waals surface area contributed by atoms with Crippen molar-refractivity contribution in [1.29, 1.82) is 0 Å². The van der Waals surface area contributed by atoms with Gasteiger partial charge in [-0.3, -0.25) is 9.69 Å². The number of piperidine rings is 1. The fourth-order valence-electron chi connectivity index (χ4n) is 3.75. The molecule has 0 aromatic heterocycles. The molecule has 30 heavy (non-hydrogen) atoms. The largest absolute Gasteiger partial charge is 0.497 e. The summed E-state index contributed by atoms with van der Waals surface area (Å²) in [6.07, 6.45) is 3.67. The van der Waals surface area contributed by atoms with E-state index in [4.69, 9.17) is 10.5 Å². The van der Waals surface area contributed by atoms with Crippen LogP contribution in [0.3, 0.4) is 0 Å². The molecule has 0 saturated carbocycles. The molecule has 2 aromatic rings. The summed E-state index contributed by atoms with van der Waals surface area (Å²) in [6.45, 7) is 4.67. The molecule has 1 heterocycles. The molecule has 2 atom stereocenters. The van der Waals surface area contributed by atoms with Crippen LogP contribution in [0, 0.1) is 6.92 Å². The Bertz CT molecular complexity index is 763. The lowest BCUT2D eigenvalue weighted by atomic mass is 10.0. The Balaban J connectivity index is 0.00000225. The van der Waals surface area contributed by atoms with Gasteiger partial charge < -0.3 is 15.8 Å². The van der Waals surface area contributed by atoms with Gasteiger partial charge in [-0.2, -0.15) is 0 Å². The van der Waals surface area contributed by atoms with Gasteiger partial charge in [0.25, 0.3) is 0 Å². The van der Waals surface area contributed by atoms with Gasteiger partial charge in [0.15, 0.2) is 0 Å². The van der Waals surface area contributed by atoms with Gasteiger partial charge in [-0.1, -0.05) is 48.4 Å². The molecule has 7 heteroatoms. The number of aryl methyl sites for hydroxylation is 1. The number of hydrogen-bond acceptors (Lipinski definition) is 4. The second kappa shape index (κ2) is 12.8. The van der Waals surface area contributed by atoms with E-state index in [-0.39, 0.29) is 36.8 Å². The highest BCUT2D eigenvalue weighted by Gasteiger charge is 2.24. The second-order valence-electron chi connectivity index (χ2n) is 7.52. The normalized spacial score (nSPS) is 15.8. The van der Waals surface area contributed by atoms with Crippen LogP contribution >= 0.6 is 24.8 Å². The Morgan fingerprint density at radius 1 is 1.00 bits per heavy atom. The van der Waals surface area contributed by atoms with Crippen molar-refractivity contribution in [1.82, 2.24) is 10.2 Å². The summed E-state index contributed by atoms with van der Waals surface area (Å²) in [4.78, 5) is 15.1. The summed E-state index contributed by atoms with van der Waals surface area (Å²) < 4.78 is 5.28. The molecule has 0 aliphatic carbocycles. The first-order valence-corrected chi connectivity index (χ1v) is 10.1. The van der Waals surface area contributed by atoms with E-state index >= 15 is 0 Å². The van der Waals surface area contributed by atoms with E-state index in [1.165, 1.54) is 24.8 Å². The van der Waals surface area contributed by atoms with Gasteiger partial charge in [-0.05, 0) is 56.1 Å². The standard InChI is InChI=1S/C23H31N3O2.2ClH/c1-17-6-8-19(9-7-17)22(24)23(27)25-16-21(26-14-4-3-5-15-26)18-10-12-20(28-2)13-11-18;;/h6-13,21-22H,3-5,14-16,24H2,1-2H3,(H,25,27);2*1H. The maximum atomic E-state index is 12.7. The number of methoxy groups -OCH3 is 1. The lowest BCUT2D eigenvalue weighted by Crippen LogP contribution is -2.43. The third-order valence-electron chi connectivity index (χ3n) is 5.52. The molecule has 2 aromatic carbocycles. The number of amides is 1. The minimum absolute atomic E-state index is 0. The number of rotatable bonds is 7. The van der Waals surface area contributed by atoms with Crippen molar-refractivity contribution >= 4 is 30.7 Å². The number of benzene rings is 2. The number of nitrogens with zero attached hydrogens (tertiary/aromatic N) is 1. The van der Waals surface area contributed by atoms with Crippen molar-refractivity contribution in [2.75, 3.05) is 26.7 Å². The quantitative estimate of drug-likeness (QED) is 0.659. The number of hydrogen-bond donors (Lipinski definition) is 2. The number of halogens is 2. The zero-order valence-electron chi connectivity index (χ0n) is 17.7. The maximum Gasteiger partial charge on any atom is 0.241 e. The molecule has 0 bridgehead atoms. The van der Waals surface area contributed by atoms with Crippen molar-refractivity contribution in [3.05, 3.63) is 65.2 Å². The lowest BCUT2D eigenvalue weighted by molar-refractivity contribution is -0.122. The zero-order valence-corrected chi connectivity index (χ0v) is 19.3.